The van der Waals surface area contributed by atoms with Crippen LogP contribution in [-0.4, -0.2) is 23.5 Å². The van der Waals surface area contributed by atoms with E-state index in [2.05, 4.69) is 15.8 Å². The minimum atomic E-state index is -3.74. The Hall–Kier alpha value is -1.39. The maximum atomic E-state index is 12.3. The summed E-state index contributed by atoms with van der Waals surface area (Å²) in [6.45, 7) is 4.03. The number of imidazole rings is 1. The van der Waals surface area contributed by atoms with Gasteiger partial charge in [-0.1, -0.05) is 19.8 Å². The zero-order valence-corrected chi connectivity index (χ0v) is 12.7. The van der Waals surface area contributed by atoms with Crippen LogP contribution in [0.1, 0.15) is 52.0 Å². The molecule has 0 saturated heterocycles. The summed E-state index contributed by atoms with van der Waals surface area (Å²) >= 11 is 0. The largest absolute Gasteiger partial charge is 0.333 e. The fourth-order valence-corrected chi connectivity index (χ4v) is 3.75. The van der Waals surface area contributed by atoms with Crippen molar-refractivity contribution in [1.29, 1.82) is 5.26 Å². The maximum absolute atomic E-state index is 12.3. The first kappa shape index (κ1) is 15.0. The second-order valence-electron chi connectivity index (χ2n) is 5.42. The van der Waals surface area contributed by atoms with Crippen LogP contribution >= 0.6 is 0 Å². The smallest absolute Gasteiger partial charge is 0.260 e. The Labute approximate surface area is 119 Å². The number of nitrogens with one attached hydrogen (secondary N) is 1. The van der Waals surface area contributed by atoms with Crippen molar-refractivity contribution in [2.45, 2.75) is 62.6 Å². The van der Waals surface area contributed by atoms with Crippen molar-refractivity contribution in [2.24, 2.45) is 0 Å². The van der Waals surface area contributed by atoms with E-state index >= 15 is 0 Å². The van der Waals surface area contributed by atoms with Gasteiger partial charge in [0.25, 0.3) is 10.0 Å². The Kier molecular flexibility index (Phi) is 4.16. The van der Waals surface area contributed by atoms with Gasteiger partial charge in [-0.05, 0) is 26.2 Å². The second kappa shape index (κ2) is 5.54. The number of aromatic nitrogens is 2. The Morgan fingerprint density at radius 2 is 2.20 bits per heavy atom. The average molecular weight is 296 g/mol. The van der Waals surface area contributed by atoms with Crippen molar-refractivity contribution in [3.05, 3.63) is 12.5 Å². The predicted octanol–water partition coefficient (Wildman–Crippen LogP) is 1.97. The molecule has 6 nitrogen and oxygen atoms in total. The molecule has 1 heterocycles. The SMILES string of the molecule is CCC(C)n1cnc(S(=O)(=O)NC2(C#N)CCCC2)c1. The van der Waals surface area contributed by atoms with Crippen LogP contribution in [0.15, 0.2) is 17.6 Å². The third kappa shape index (κ3) is 2.86. The van der Waals surface area contributed by atoms with Gasteiger partial charge in [-0.15, -0.1) is 0 Å². The lowest BCUT2D eigenvalue weighted by atomic mass is 10.0. The van der Waals surface area contributed by atoms with Crippen LogP contribution in [0.2, 0.25) is 0 Å². The van der Waals surface area contributed by atoms with E-state index in [1.807, 2.05) is 13.8 Å². The first-order chi connectivity index (χ1) is 9.42. The Morgan fingerprint density at radius 3 is 2.75 bits per heavy atom. The number of sulfonamides is 1. The molecule has 1 atom stereocenters. The Morgan fingerprint density at radius 1 is 1.55 bits per heavy atom. The summed E-state index contributed by atoms with van der Waals surface area (Å²) in [5.74, 6) is 0. The van der Waals surface area contributed by atoms with Gasteiger partial charge in [-0.25, -0.2) is 13.4 Å². The zero-order chi connectivity index (χ0) is 14.8. The molecule has 1 aliphatic carbocycles. The van der Waals surface area contributed by atoms with Gasteiger partial charge in [0, 0.05) is 12.2 Å². The van der Waals surface area contributed by atoms with Crippen molar-refractivity contribution in [2.75, 3.05) is 0 Å². The fourth-order valence-electron chi connectivity index (χ4n) is 2.43. The van der Waals surface area contributed by atoms with E-state index < -0.39 is 15.6 Å². The summed E-state index contributed by atoms with van der Waals surface area (Å²) in [5.41, 5.74) is -0.959. The molecule has 0 spiro atoms. The van der Waals surface area contributed by atoms with Crippen molar-refractivity contribution < 1.29 is 8.42 Å². The highest BCUT2D eigenvalue weighted by Crippen LogP contribution is 2.30. The molecule has 7 heteroatoms. The number of hydrogen-bond acceptors (Lipinski definition) is 4. The second-order valence-corrected chi connectivity index (χ2v) is 7.05. The van der Waals surface area contributed by atoms with E-state index in [1.165, 1.54) is 12.5 Å². The van der Waals surface area contributed by atoms with E-state index in [4.69, 9.17) is 0 Å². The van der Waals surface area contributed by atoms with Gasteiger partial charge >= 0.3 is 0 Å². The van der Waals surface area contributed by atoms with Crippen molar-refractivity contribution in [1.82, 2.24) is 14.3 Å². The van der Waals surface area contributed by atoms with Crippen molar-refractivity contribution >= 4 is 10.0 Å². The molecule has 110 valence electrons. The summed E-state index contributed by atoms with van der Waals surface area (Å²) in [4.78, 5) is 3.97. The van der Waals surface area contributed by atoms with E-state index in [9.17, 15) is 13.7 Å². The highest BCUT2D eigenvalue weighted by atomic mass is 32.2. The van der Waals surface area contributed by atoms with Crippen LogP contribution in [0, 0.1) is 11.3 Å². The summed E-state index contributed by atoms with van der Waals surface area (Å²) in [7, 11) is -3.74. The van der Waals surface area contributed by atoms with Crippen LogP contribution in [0.4, 0.5) is 0 Å². The Bertz CT molecular complexity index is 609. The van der Waals surface area contributed by atoms with Gasteiger partial charge in [0.15, 0.2) is 5.03 Å². The normalized spacial score (nSPS) is 19.6. The lowest BCUT2D eigenvalue weighted by molar-refractivity contribution is 0.483. The highest BCUT2D eigenvalue weighted by Gasteiger charge is 2.38. The molecule has 0 radical (unpaired) electrons. The predicted molar refractivity (Wildman–Crippen MR) is 74.4 cm³/mol. The van der Waals surface area contributed by atoms with Crippen LogP contribution in [0.5, 0.6) is 0 Å². The third-order valence-corrected chi connectivity index (χ3v) is 5.37. The summed E-state index contributed by atoms with van der Waals surface area (Å²) in [6, 6.07) is 2.32. The first-order valence-corrected chi connectivity index (χ1v) is 8.39. The maximum Gasteiger partial charge on any atom is 0.260 e. The minimum absolute atomic E-state index is 0.0145. The van der Waals surface area contributed by atoms with E-state index in [0.717, 1.165) is 19.3 Å². The summed E-state index contributed by atoms with van der Waals surface area (Å²) < 4.78 is 29.0. The highest BCUT2D eigenvalue weighted by molar-refractivity contribution is 7.89. The molecule has 1 unspecified atom stereocenters. The first-order valence-electron chi connectivity index (χ1n) is 6.91. The molecular weight excluding hydrogens is 276 g/mol. The van der Waals surface area contributed by atoms with Gasteiger partial charge < -0.3 is 4.57 Å². The van der Waals surface area contributed by atoms with Crippen LogP contribution in [-0.2, 0) is 10.0 Å². The van der Waals surface area contributed by atoms with Crippen LogP contribution in [0.3, 0.4) is 0 Å². The summed E-state index contributed by atoms with van der Waals surface area (Å²) in [5, 5.41) is 9.24. The molecule has 1 aliphatic rings. The lowest BCUT2D eigenvalue weighted by Crippen LogP contribution is -2.45. The van der Waals surface area contributed by atoms with Gasteiger partial charge in [-0.2, -0.15) is 9.98 Å². The molecule has 20 heavy (non-hydrogen) atoms. The van der Waals surface area contributed by atoms with Crippen molar-refractivity contribution in [3.63, 3.8) is 0 Å². The van der Waals surface area contributed by atoms with Crippen LogP contribution < -0.4 is 4.72 Å². The minimum Gasteiger partial charge on any atom is -0.333 e. The van der Waals surface area contributed by atoms with Crippen molar-refractivity contribution in [3.8, 4) is 6.07 Å². The molecule has 2 rings (SSSR count). The average Bonchev–Trinajstić information content (AvgIpc) is 3.07. The van der Waals surface area contributed by atoms with E-state index in [0.29, 0.717) is 12.8 Å². The number of nitrogens with zero attached hydrogens (tertiary/aromatic N) is 3. The standard InChI is InChI=1S/C13H20N4O2S/c1-3-11(2)17-8-12(15-10-17)20(18,19)16-13(9-14)6-4-5-7-13/h8,10-11,16H,3-7H2,1-2H3. The van der Waals surface area contributed by atoms with E-state index in [1.54, 1.807) is 4.57 Å². The summed E-state index contributed by atoms with van der Waals surface area (Å²) in [6.07, 6.45) is 6.82. The molecule has 0 aromatic carbocycles. The molecule has 1 N–H and O–H groups in total. The third-order valence-electron chi connectivity index (χ3n) is 3.95. The monoisotopic (exact) mass is 296 g/mol. The quantitative estimate of drug-likeness (QED) is 0.899. The number of hydrogen-bond donors (Lipinski definition) is 1. The van der Waals surface area contributed by atoms with E-state index in [-0.39, 0.29) is 11.1 Å². The number of rotatable bonds is 5. The molecule has 0 aliphatic heterocycles. The Balaban J connectivity index is 2.23. The lowest BCUT2D eigenvalue weighted by Gasteiger charge is -2.20. The molecule has 1 aromatic heterocycles. The molecule has 0 amide bonds. The fraction of sp³-hybridized carbons (Fsp3) is 0.692. The van der Waals surface area contributed by atoms with Gasteiger partial charge in [0.05, 0.1) is 12.4 Å². The molecule has 1 saturated carbocycles. The molecular formula is C13H20N4O2S. The van der Waals surface area contributed by atoms with Gasteiger partial charge in [-0.3, -0.25) is 0 Å². The molecule has 1 fully saturated rings. The molecule has 0 bridgehead atoms. The topological polar surface area (TPSA) is 87.8 Å². The van der Waals surface area contributed by atoms with Crippen LogP contribution in [0.25, 0.3) is 0 Å². The van der Waals surface area contributed by atoms with Gasteiger partial charge in [0.1, 0.15) is 5.54 Å². The number of nitriles is 1. The van der Waals surface area contributed by atoms with Gasteiger partial charge in [0.2, 0.25) is 0 Å². The zero-order valence-electron chi connectivity index (χ0n) is 11.8. The molecule has 1 aromatic rings.